The van der Waals surface area contributed by atoms with Crippen LogP contribution in [0.15, 0.2) is 21.5 Å². The summed E-state index contributed by atoms with van der Waals surface area (Å²) in [6.07, 6.45) is 0.481. The third kappa shape index (κ3) is 3.82. The molecule has 0 amide bonds. The lowest BCUT2D eigenvalue weighted by atomic mass is 10.3. The van der Waals surface area contributed by atoms with Crippen LogP contribution in [0.1, 0.15) is 13.3 Å². The number of halogens is 3. The summed E-state index contributed by atoms with van der Waals surface area (Å²) in [4.78, 5) is -0.0104. The van der Waals surface area contributed by atoms with E-state index >= 15 is 0 Å². The van der Waals surface area contributed by atoms with Crippen molar-refractivity contribution < 1.29 is 13.5 Å². The van der Waals surface area contributed by atoms with Crippen LogP contribution >= 0.6 is 39.1 Å². The van der Waals surface area contributed by atoms with Crippen LogP contribution in [0.3, 0.4) is 0 Å². The lowest BCUT2D eigenvalue weighted by molar-refractivity contribution is 0.254. The maximum Gasteiger partial charge on any atom is 0.242 e. The van der Waals surface area contributed by atoms with E-state index in [1.807, 2.05) is 0 Å². The Morgan fingerprint density at radius 2 is 1.94 bits per heavy atom. The van der Waals surface area contributed by atoms with E-state index in [0.29, 0.717) is 10.9 Å². The minimum atomic E-state index is -3.75. The van der Waals surface area contributed by atoms with Gasteiger partial charge in [0.15, 0.2) is 0 Å². The van der Waals surface area contributed by atoms with Gasteiger partial charge in [0.05, 0.1) is 21.5 Å². The van der Waals surface area contributed by atoms with Gasteiger partial charge in [-0.05, 0) is 34.5 Å². The molecule has 1 rings (SSSR count). The molecule has 18 heavy (non-hydrogen) atoms. The van der Waals surface area contributed by atoms with E-state index in [4.69, 9.17) is 28.3 Å². The molecule has 0 aromatic heterocycles. The molecular formula is C10H12BrCl2NO3S. The average molecular weight is 377 g/mol. The van der Waals surface area contributed by atoms with Crippen LogP contribution < -0.4 is 4.72 Å². The quantitative estimate of drug-likeness (QED) is 0.776. The molecule has 0 radical (unpaired) electrons. The first-order chi connectivity index (χ1) is 8.31. The zero-order valence-electron chi connectivity index (χ0n) is 9.45. The van der Waals surface area contributed by atoms with Gasteiger partial charge in [0.2, 0.25) is 10.0 Å². The van der Waals surface area contributed by atoms with Crippen LogP contribution in [-0.2, 0) is 10.0 Å². The van der Waals surface area contributed by atoms with Crippen molar-refractivity contribution in [3.63, 3.8) is 0 Å². The first kappa shape index (κ1) is 16.2. The van der Waals surface area contributed by atoms with Gasteiger partial charge >= 0.3 is 0 Å². The number of benzene rings is 1. The second kappa shape index (κ2) is 6.54. The van der Waals surface area contributed by atoms with E-state index in [9.17, 15) is 8.42 Å². The SMILES string of the molecule is CC[C@@H](CO)NS(=O)(=O)c1cc(Cl)c(Cl)cc1Br. The Morgan fingerprint density at radius 3 is 2.44 bits per heavy atom. The van der Waals surface area contributed by atoms with Crippen molar-refractivity contribution in [3.8, 4) is 0 Å². The highest BCUT2D eigenvalue weighted by Crippen LogP contribution is 2.31. The Bertz CT molecular complexity index is 532. The molecule has 0 bridgehead atoms. The monoisotopic (exact) mass is 375 g/mol. The van der Waals surface area contributed by atoms with Crippen LogP contribution in [0.25, 0.3) is 0 Å². The molecule has 0 aliphatic heterocycles. The lowest BCUT2D eigenvalue weighted by Gasteiger charge is -2.15. The fourth-order valence-electron chi connectivity index (χ4n) is 1.24. The van der Waals surface area contributed by atoms with E-state index in [2.05, 4.69) is 20.7 Å². The standard InChI is InChI=1S/C10H12BrCl2NO3S/c1-2-6(5-15)14-18(16,17)10-4-9(13)8(12)3-7(10)11/h3-4,6,14-15H,2,5H2,1H3/t6-/m0/s1. The second-order valence-electron chi connectivity index (χ2n) is 3.61. The number of hydrogen-bond acceptors (Lipinski definition) is 3. The molecule has 0 aliphatic rings. The zero-order chi connectivity index (χ0) is 13.9. The maximum atomic E-state index is 12.1. The van der Waals surface area contributed by atoms with Crippen molar-refractivity contribution in [1.82, 2.24) is 4.72 Å². The van der Waals surface area contributed by atoms with Gasteiger partial charge in [0.25, 0.3) is 0 Å². The van der Waals surface area contributed by atoms with Crippen molar-refractivity contribution >= 4 is 49.2 Å². The van der Waals surface area contributed by atoms with Gasteiger partial charge in [-0.15, -0.1) is 0 Å². The maximum absolute atomic E-state index is 12.1. The summed E-state index contributed by atoms with van der Waals surface area (Å²) < 4.78 is 26.9. The first-order valence-corrected chi connectivity index (χ1v) is 8.12. The largest absolute Gasteiger partial charge is 0.395 e. The Labute approximate surface area is 124 Å². The molecule has 0 heterocycles. The Morgan fingerprint density at radius 1 is 1.39 bits per heavy atom. The van der Waals surface area contributed by atoms with E-state index in [1.54, 1.807) is 6.92 Å². The van der Waals surface area contributed by atoms with Gasteiger partial charge < -0.3 is 5.11 Å². The summed E-state index contributed by atoms with van der Waals surface area (Å²) in [5, 5.41) is 9.43. The minimum absolute atomic E-state index is 0.0104. The second-order valence-corrected chi connectivity index (χ2v) is 6.96. The van der Waals surface area contributed by atoms with Gasteiger partial charge in [0.1, 0.15) is 0 Å². The van der Waals surface area contributed by atoms with Crippen molar-refractivity contribution in [3.05, 3.63) is 26.7 Å². The molecule has 0 saturated carbocycles. The molecule has 102 valence electrons. The lowest BCUT2D eigenvalue weighted by Crippen LogP contribution is -2.37. The molecule has 4 nitrogen and oxygen atoms in total. The summed E-state index contributed by atoms with van der Waals surface area (Å²) in [5.41, 5.74) is 0. The van der Waals surface area contributed by atoms with Crippen LogP contribution in [0.5, 0.6) is 0 Å². The van der Waals surface area contributed by atoms with Gasteiger partial charge in [-0.1, -0.05) is 30.1 Å². The van der Waals surface area contributed by atoms with E-state index in [1.165, 1.54) is 12.1 Å². The molecule has 1 aromatic carbocycles. The number of nitrogens with one attached hydrogen (secondary N) is 1. The summed E-state index contributed by atoms with van der Waals surface area (Å²) >= 11 is 14.7. The third-order valence-electron chi connectivity index (χ3n) is 2.30. The van der Waals surface area contributed by atoms with Crippen LogP contribution in [0.4, 0.5) is 0 Å². The molecule has 0 aliphatic carbocycles. The first-order valence-electron chi connectivity index (χ1n) is 5.09. The molecule has 1 aromatic rings. The van der Waals surface area contributed by atoms with Crippen LogP contribution in [0, 0.1) is 0 Å². The molecular weight excluding hydrogens is 365 g/mol. The number of hydrogen-bond donors (Lipinski definition) is 2. The Hall–Kier alpha value is 0.150. The minimum Gasteiger partial charge on any atom is -0.395 e. The van der Waals surface area contributed by atoms with Crippen molar-refractivity contribution in [2.24, 2.45) is 0 Å². The van der Waals surface area contributed by atoms with E-state index in [0.717, 1.165) is 0 Å². The van der Waals surface area contributed by atoms with Crippen molar-refractivity contribution in [1.29, 1.82) is 0 Å². The molecule has 0 saturated heterocycles. The molecule has 0 fully saturated rings. The van der Waals surface area contributed by atoms with Crippen LogP contribution in [-0.4, -0.2) is 26.2 Å². The Balaban J connectivity index is 3.16. The smallest absolute Gasteiger partial charge is 0.242 e. The highest BCUT2D eigenvalue weighted by molar-refractivity contribution is 9.10. The van der Waals surface area contributed by atoms with Gasteiger partial charge in [-0.25, -0.2) is 13.1 Å². The average Bonchev–Trinajstić information content (AvgIpc) is 2.30. The number of rotatable bonds is 5. The van der Waals surface area contributed by atoms with E-state index < -0.39 is 16.1 Å². The predicted octanol–water partition coefficient (Wildman–Crippen LogP) is 2.81. The van der Waals surface area contributed by atoms with Gasteiger partial charge in [-0.2, -0.15) is 0 Å². The van der Waals surface area contributed by atoms with Gasteiger partial charge in [0, 0.05) is 10.5 Å². The van der Waals surface area contributed by atoms with Gasteiger partial charge in [-0.3, -0.25) is 0 Å². The zero-order valence-corrected chi connectivity index (χ0v) is 13.4. The topological polar surface area (TPSA) is 66.4 Å². The number of sulfonamides is 1. The summed E-state index contributed by atoms with van der Waals surface area (Å²) in [7, 11) is -3.75. The molecule has 2 N–H and O–H groups in total. The fourth-order valence-corrected chi connectivity index (χ4v) is 4.14. The fraction of sp³-hybridized carbons (Fsp3) is 0.400. The third-order valence-corrected chi connectivity index (χ3v) is 5.50. The van der Waals surface area contributed by atoms with E-state index in [-0.39, 0.29) is 21.5 Å². The van der Waals surface area contributed by atoms with Crippen molar-refractivity contribution in [2.75, 3.05) is 6.61 Å². The molecule has 8 heteroatoms. The molecule has 0 unspecified atom stereocenters. The summed E-state index contributed by atoms with van der Waals surface area (Å²) in [5.74, 6) is 0. The highest BCUT2D eigenvalue weighted by Gasteiger charge is 2.22. The van der Waals surface area contributed by atoms with Crippen molar-refractivity contribution in [2.45, 2.75) is 24.3 Å². The summed E-state index contributed by atoms with van der Waals surface area (Å²) in [6.45, 7) is 1.50. The molecule has 0 spiro atoms. The highest BCUT2D eigenvalue weighted by atomic mass is 79.9. The normalized spacial score (nSPS) is 13.6. The summed E-state index contributed by atoms with van der Waals surface area (Å²) in [6, 6.07) is 2.15. The van der Waals surface area contributed by atoms with Crippen LogP contribution in [0.2, 0.25) is 10.0 Å². The number of aliphatic hydroxyl groups excluding tert-OH is 1. The Kier molecular flexibility index (Phi) is 5.89. The number of aliphatic hydroxyl groups is 1. The molecule has 1 atom stereocenters. The predicted molar refractivity (Wildman–Crippen MR) is 75.6 cm³/mol.